The average molecular weight is 364 g/mol. The van der Waals surface area contributed by atoms with Gasteiger partial charge in [0, 0.05) is 6.42 Å². The van der Waals surface area contributed by atoms with Crippen molar-refractivity contribution in [1.29, 1.82) is 0 Å². The number of benzene rings is 2. The van der Waals surface area contributed by atoms with E-state index in [4.69, 9.17) is 9.47 Å². The van der Waals surface area contributed by atoms with Crippen LogP contribution in [-0.2, 0) is 11.2 Å². The van der Waals surface area contributed by atoms with Gasteiger partial charge in [-0.15, -0.1) is 0 Å². The van der Waals surface area contributed by atoms with Crippen LogP contribution in [0.1, 0.15) is 11.1 Å². The third kappa shape index (κ3) is 4.03. The second-order valence-electron chi connectivity index (χ2n) is 6.23. The fourth-order valence-electron chi connectivity index (χ4n) is 2.88. The molecule has 0 saturated carbocycles. The number of rotatable bonds is 5. The number of aliphatic hydroxyl groups excluding tert-OH is 4. The third-order valence-corrected chi connectivity index (χ3v) is 4.37. The highest BCUT2D eigenvalue weighted by Gasteiger charge is 2.44. The Morgan fingerprint density at radius 2 is 1.62 bits per heavy atom. The highest BCUT2D eigenvalue weighted by molar-refractivity contribution is 5.37. The molecule has 6 nitrogen and oxygen atoms in total. The molecular weight excluding hydrogens is 343 g/mol. The second kappa shape index (κ2) is 8.11. The Kier molecular flexibility index (Phi) is 5.85. The zero-order chi connectivity index (χ0) is 18.7. The smallest absolute Gasteiger partial charge is 0.229 e. The Morgan fingerprint density at radius 1 is 0.923 bits per heavy atom. The Bertz CT molecular complexity index is 720. The monoisotopic (exact) mass is 364 g/mol. The first-order valence-corrected chi connectivity index (χ1v) is 8.29. The molecule has 7 heteroatoms. The highest BCUT2D eigenvalue weighted by atomic mass is 19.1. The fourth-order valence-corrected chi connectivity index (χ4v) is 2.88. The average Bonchev–Trinajstić information content (AvgIpc) is 2.65. The maximum Gasteiger partial charge on any atom is 0.229 e. The van der Waals surface area contributed by atoms with Gasteiger partial charge in [0.05, 0.1) is 6.61 Å². The summed E-state index contributed by atoms with van der Waals surface area (Å²) in [6, 6.07) is 13.1. The summed E-state index contributed by atoms with van der Waals surface area (Å²) in [5, 5.41) is 39.1. The van der Waals surface area contributed by atoms with Crippen LogP contribution in [0.2, 0.25) is 0 Å². The van der Waals surface area contributed by atoms with Crippen molar-refractivity contribution in [3.8, 4) is 5.75 Å². The summed E-state index contributed by atoms with van der Waals surface area (Å²) in [4.78, 5) is 0. The molecule has 4 N–H and O–H groups in total. The normalized spacial score (nSPS) is 28.7. The molecule has 0 radical (unpaired) electrons. The molecule has 0 spiro atoms. The first kappa shape index (κ1) is 18.8. The molecule has 26 heavy (non-hydrogen) atoms. The number of hydrogen-bond donors (Lipinski definition) is 4. The van der Waals surface area contributed by atoms with E-state index >= 15 is 0 Å². The number of ether oxygens (including phenoxy) is 2. The van der Waals surface area contributed by atoms with Crippen LogP contribution in [0.25, 0.3) is 0 Å². The second-order valence-corrected chi connectivity index (χ2v) is 6.23. The van der Waals surface area contributed by atoms with Crippen LogP contribution in [0.3, 0.4) is 0 Å². The van der Waals surface area contributed by atoms with Gasteiger partial charge in [0.1, 0.15) is 36.0 Å². The van der Waals surface area contributed by atoms with Crippen LogP contribution in [0, 0.1) is 5.82 Å². The molecule has 3 rings (SSSR count). The Balaban J connectivity index is 1.78. The lowest BCUT2D eigenvalue weighted by atomic mass is 9.99. The van der Waals surface area contributed by atoms with E-state index in [1.54, 1.807) is 24.3 Å². The van der Waals surface area contributed by atoms with Gasteiger partial charge in [-0.05, 0) is 29.3 Å². The Morgan fingerprint density at radius 3 is 2.31 bits per heavy atom. The quantitative estimate of drug-likeness (QED) is 0.620. The van der Waals surface area contributed by atoms with Crippen LogP contribution in [0.5, 0.6) is 5.75 Å². The lowest BCUT2D eigenvalue weighted by molar-refractivity contribution is -0.277. The van der Waals surface area contributed by atoms with Crippen molar-refractivity contribution in [1.82, 2.24) is 0 Å². The Labute approximate surface area is 150 Å². The van der Waals surface area contributed by atoms with Crippen LogP contribution in [0.15, 0.2) is 48.5 Å². The largest absolute Gasteiger partial charge is 0.462 e. The van der Waals surface area contributed by atoms with E-state index in [1.165, 1.54) is 12.1 Å². The number of halogens is 1. The summed E-state index contributed by atoms with van der Waals surface area (Å²) in [6.45, 7) is -0.526. The molecule has 1 aliphatic heterocycles. The predicted octanol–water partition coefficient (Wildman–Crippen LogP) is 0.595. The van der Waals surface area contributed by atoms with Crippen molar-refractivity contribution < 1.29 is 34.3 Å². The molecule has 0 aliphatic carbocycles. The van der Waals surface area contributed by atoms with Crippen molar-refractivity contribution in [3.63, 3.8) is 0 Å². The summed E-state index contributed by atoms with van der Waals surface area (Å²) in [5.74, 6) is 0.0979. The fraction of sp³-hybridized carbons (Fsp3) is 0.368. The highest BCUT2D eigenvalue weighted by Crippen LogP contribution is 2.27. The minimum absolute atomic E-state index is 0.320. The van der Waals surface area contributed by atoms with E-state index in [2.05, 4.69) is 0 Å². The zero-order valence-corrected chi connectivity index (χ0v) is 13.9. The van der Waals surface area contributed by atoms with Crippen LogP contribution < -0.4 is 4.74 Å². The zero-order valence-electron chi connectivity index (χ0n) is 13.9. The summed E-state index contributed by atoms with van der Waals surface area (Å²) in [5.41, 5.74) is 1.65. The predicted molar refractivity (Wildman–Crippen MR) is 90.0 cm³/mol. The first-order chi connectivity index (χ1) is 12.5. The molecule has 0 aromatic heterocycles. The summed E-state index contributed by atoms with van der Waals surface area (Å²) >= 11 is 0. The molecule has 2 aromatic rings. The van der Waals surface area contributed by atoms with Gasteiger partial charge in [-0.3, -0.25) is 0 Å². The van der Waals surface area contributed by atoms with Crippen molar-refractivity contribution >= 4 is 0 Å². The molecule has 0 bridgehead atoms. The van der Waals surface area contributed by atoms with E-state index < -0.39 is 37.3 Å². The minimum Gasteiger partial charge on any atom is -0.462 e. The van der Waals surface area contributed by atoms with Crippen LogP contribution >= 0.6 is 0 Å². The molecule has 1 fully saturated rings. The van der Waals surface area contributed by atoms with E-state index in [1.807, 2.05) is 12.1 Å². The molecular formula is C19H21FO6. The van der Waals surface area contributed by atoms with Crippen LogP contribution in [-0.4, -0.2) is 57.7 Å². The van der Waals surface area contributed by atoms with Gasteiger partial charge in [-0.1, -0.05) is 30.3 Å². The van der Waals surface area contributed by atoms with Gasteiger partial charge in [0.15, 0.2) is 0 Å². The molecule has 0 amide bonds. The van der Waals surface area contributed by atoms with E-state index in [9.17, 15) is 24.8 Å². The Hall–Kier alpha value is -2.03. The third-order valence-electron chi connectivity index (χ3n) is 4.37. The summed E-state index contributed by atoms with van der Waals surface area (Å²) < 4.78 is 24.2. The van der Waals surface area contributed by atoms with Gasteiger partial charge < -0.3 is 29.9 Å². The summed E-state index contributed by atoms with van der Waals surface area (Å²) in [7, 11) is 0. The van der Waals surface area contributed by atoms with E-state index in [0.29, 0.717) is 12.2 Å². The lowest BCUT2D eigenvalue weighted by Crippen LogP contribution is -2.60. The number of para-hydroxylation sites is 1. The standard InChI is InChI=1S/C19H21FO6/c20-13-7-5-11(6-8-13)9-12-3-1-2-4-14(12)25-19-18(24)17(23)16(22)15(10-21)26-19/h1-8,15-19,21-24H,9-10H2/t15-,16-,17+,18-,19-/m1/s1. The number of hydrogen-bond acceptors (Lipinski definition) is 6. The van der Waals surface area contributed by atoms with Crippen molar-refractivity contribution in [2.45, 2.75) is 37.1 Å². The molecule has 1 aliphatic rings. The molecule has 1 heterocycles. The van der Waals surface area contributed by atoms with Crippen LogP contribution in [0.4, 0.5) is 4.39 Å². The van der Waals surface area contributed by atoms with Gasteiger partial charge in [-0.2, -0.15) is 0 Å². The van der Waals surface area contributed by atoms with E-state index in [0.717, 1.165) is 11.1 Å². The molecule has 2 aromatic carbocycles. The molecule has 5 atom stereocenters. The number of aliphatic hydroxyl groups is 4. The molecule has 0 unspecified atom stereocenters. The van der Waals surface area contributed by atoms with Gasteiger partial charge >= 0.3 is 0 Å². The van der Waals surface area contributed by atoms with E-state index in [-0.39, 0.29) is 5.82 Å². The maximum atomic E-state index is 13.1. The van der Waals surface area contributed by atoms with Gasteiger partial charge in [0.2, 0.25) is 6.29 Å². The van der Waals surface area contributed by atoms with Crippen molar-refractivity contribution in [2.75, 3.05) is 6.61 Å². The van der Waals surface area contributed by atoms with Gasteiger partial charge in [-0.25, -0.2) is 4.39 Å². The SMILES string of the molecule is OC[C@H]1O[C@@H](Oc2ccccc2Cc2ccc(F)cc2)[C@H](O)[C@@H](O)[C@@H]1O. The van der Waals surface area contributed by atoms with Crippen molar-refractivity contribution in [2.24, 2.45) is 0 Å². The lowest BCUT2D eigenvalue weighted by Gasteiger charge is -2.39. The topological polar surface area (TPSA) is 99.4 Å². The molecule has 140 valence electrons. The molecule has 1 saturated heterocycles. The van der Waals surface area contributed by atoms with Crippen molar-refractivity contribution in [3.05, 3.63) is 65.5 Å². The van der Waals surface area contributed by atoms with Gasteiger partial charge in [0.25, 0.3) is 0 Å². The first-order valence-electron chi connectivity index (χ1n) is 8.29. The maximum absolute atomic E-state index is 13.1. The summed E-state index contributed by atoms with van der Waals surface area (Å²) in [6.07, 6.45) is -6.25. The minimum atomic E-state index is -1.50.